The fraction of sp³-hybridized carbons (Fsp3) is 0.154. The van der Waals surface area contributed by atoms with Gasteiger partial charge in [0.2, 0.25) is 0 Å². The van der Waals surface area contributed by atoms with Gasteiger partial charge in [-0.1, -0.05) is 11.6 Å². The minimum Gasteiger partial charge on any atom is -0.467 e. The normalized spacial score (nSPS) is 11.9. The Morgan fingerprint density at radius 2 is 2.25 bits per heavy atom. The number of hydrogen-bond acceptors (Lipinski definition) is 3. The highest BCUT2D eigenvalue weighted by molar-refractivity contribution is 6.30. The number of carbonyl (C=O) groups is 1. The molecule has 1 unspecified atom stereocenters. The molecule has 1 heterocycles. The Balaban J connectivity index is 1.88. The SMILES string of the molecule is O=C(NCC(O)c1ccco1)Nc1cc(Cl)ccc1F. The fourth-order valence-corrected chi connectivity index (χ4v) is 1.70. The first kappa shape index (κ1) is 14.4. The molecule has 2 amide bonds. The van der Waals surface area contributed by atoms with Crippen LogP contribution in [0.15, 0.2) is 41.0 Å². The summed E-state index contributed by atoms with van der Waals surface area (Å²) < 4.78 is 18.4. The van der Waals surface area contributed by atoms with Gasteiger partial charge in [-0.2, -0.15) is 0 Å². The minimum absolute atomic E-state index is 0.0394. The molecule has 0 saturated heterocycles. The van der Waals surface area contributed by atoms with Crippen LogP contribution in [0, 0.1) is 5.82 Å². The maximum atomic E-state index is 13.4. The lowest BCUT2D eigenvalue weighted by Crippen LogP contribution is -2.32. The number of furan rings is 1. The summed E-state index contributed by atoms with van der Waals surface area (Å²) in [5, 5.41) is 14.7. The van der Waals surface area contributed by atoms with Gasteiger partial charge >= 0.3 is 6.03 Å². The van der Waals surface area contributed by atoms with Crippen molar-refractivity contribution in [2.45, 2.75) is 6.10 Å². The van der Waals surface area contributed by atoms with E-state index in [4.69, 9.17) is 16.0 Å². The first-order chi connectivity index (χ1) is 9.56. The van der Waals surface area contributed by atoms with E-state index in [1.54, 1.807) is 12.1 Å². The smallest absolute Gasteiger partial charge is 0.319 e. The minimum atomic E-state index is -0.972. The Morgan fingerprint density at radius 1 is 1.45 bits per heavy atom. The van der Waals surface area contributed by atoms with Gasteiger partial charge in [-0.25, -0.2) is 9.18 Å². The van der Waals surface area contributed by atoms with Gasteiger partial charge in [-0.05, 0) is 30.3 Å². The lowest BCUT2D eigenvalue weighted by Gasteiger charge is -2.11. The van der Waals surface area contributed by atoms with E-state index < -0.39 is 18.0 Å². The number of aliphatic hydroxyl groups excluding tert-OH is 1. The molecule has 0 radical (unpaired) electrons. The summed E-state index contributed by atoms with van der Waals surface area (Å²) in [5.41, 5.74) is -0.0394. The predicted molar refractivity (Wildman–Crippen MR) is 72.1 cm³/mol. The molecule has 1 aromatic heterocycles. The maximum absolute atomic E-state index is 13.4. The number of rotatable bonds is 4. The number of hydrogen-bond donors (Lipinski definition) is 3. The van der Waals surface area contributed by atoms with Crippen molar-refractivity contribution in [2.24, 2.45) is 0 Å². The molecule has 0 fully saturated rings. The number of benzene rings is 1. The molecule has 0 aliphatic carbocycles. The first-order valence-corrected chi connectivity index (χ1v) is 6.15. The molecule has 0 bridgehead atoms. The van der Waals surface area contributed by atoms with Crippen LogP contribution in [-0.4, -0.2) is 17.7 Å². The zero-order chi connectivity index (χ0) is 14.5. The van der Waals surface area contributed by atoms with Crippen LogP contribution >= 0.6 is 11.6 Å². The van der Waals surface area contributed by atoms with Gasteiger partial charge in [-0.15, -0.1) is 0 Å². The van der Waals surface area contributed by atoms with Crippen molar-refractivity contribution in [3.63, 3.8) is 0 Å². The molecule has 0 aliphatic rings. The van der Waals surface area contributed by atoms with E-state index >= 15 is 0 Å². The highest BCUT2D eigenvalue weighted by atomic mass is 35.5. The summed E-state index contributed by atoms with van der Waals surface area (Å²) in [7, 11) is 0. The third kappa shape index (κ3) is 3.72. The Kier molecular flexibility index (Phi) is 4.60. The van der Waals surface area contributed by atoms with E-state index in [2.05, 4.69) is 10.6 Å². The lowest BCUT2D eigenvalue weighted by atomic mass is 10.3. The molecular weight excluding hydrogens is 287 g/mol. The topological polar surface area (TPSA) is 74.5 Å². The van der Waals surface area contributed by atoms with Crippen LogP contribution in [0.4, 0.5) is 14.9 Å². The van der Waals surface area contributed by atoms with Crippen LogP contribution in [0.2, 0.25) is 5.02 Å². The van der Waals surface area contributed by atoms with E-state index in [0.717, 1.165) is 6.07 Å². The molecule has 0 spiro atoms. The van der Waals surface area contributed by atoms with Gasteiger partial charge < -0.3 is 20.2 Å². The van der Waals surface area contributed by atoms with Crippen LogP contribution in [0.3, 0.4) is 0 Å². The zero-order valence-electron chi connectivity index (χ0n) is 10.3. The molecule has 1 aromatic carbocycles. The van der Waals surface area contributed by atoms with E-state index in [1.165, 1.54) is 18.4 Å². The van der Waals surface area contributed by atoms with Gasteiger partial charge in [0.15, 0.2) is 0 Å². The number of carbonyl (C=O) groups excluding carboxylic acids is 1. The maximum Gasteiger partial charge on any atom is 0.319 e. The predicted octanol–water partition coefficient (Wildman–Crippen LogP) is 2.93. The molecule has 2 aromatic rings. The van der Waals surface area contributed by atoms with Gasteiger partial charge in [0, 0.05) is 5.02 Å². The highest BCUT2D eigenvalue weighted by Gasteiger charge is 2.13. The summed E-state index contributed by atoms with van der Waals surface area (Å²) in [6.45, 7) is -0.0679. The summed E-state index contributed by atoms with van der Waals surface area (Å²) in [5.74, 6) is -0.268. The van der Waals surface area contributed by atoms with Crippen molar-refractivity contribution in [1.29, 1.82) is 0 Å². The first-order valence-electron chi connectivity index (χ1n) is 5.77. The van der Waals surface area contributed by atoms with Crippen LogP contribution in [0.5, 0.6) is 0 Å². The molecule has 0 aliphatic heterocycles. The molecular formula is C13H12ClFN2O3. The third-order valence-electron chi connectivity index (χ3n) is 2.50. The Morgan fingerprint density at radius 3 is 2.95 bits per heavy atom. The van der Waals surface area contributed by atoms with E-state index in [1.807, 2.05) is 0 Å². The van der Waals surface area contributed by atoms with Crippen LogP contribution < -0.4 is 10.6 Å². The largest absolute Gasteiger partial charge is 0.467 e. The molecule has 3 N–H and O–H groups in total. The molecule has 7 heteroatoms. The number of urea groups is 1. The fourth-order valence-electron chi connectivity index (χ4n) is 1.53. The number of amides is 2. The third-order valence-corrected chi connectivity index (χ3v) is 2.74. The van der Waals surface area contributed by atoms with E-state index in [0.29, 0.717) is 10.8 Å². The van der Waals surface area contributed by atoms with Crippen molar-refractivity contribution in [2.75, 3.05) is 11.9 Å². The number of anilines is 1. The van der Waals surface area contributed by atoms with Crippen molar-refractivity contribution < 1.29 is 18.7 Å². The van der Waals surface area contributed by atoms with Crippen LogP contribution in [0.25, 0.3) is 0 Å². The molecule has 106 valence electrons. The van der Waals surface area contributed by atoms with Gasteiger partial charge in [0.05, 0.1) is 18.5 Å². The standard InChI is InChI=1S/C13H12ClFN2O3/c14-8-3-4-9(15)10(6-8)17-13(19)16-7-11(18)12-2-1-5-20-12/h1-6,11,18H,7H2,(H2,16,17,19). The quantitative estimate of drug-likeness (QED) is 0.812. The van der Waals surface area contributed by atoms with Crippen molar-refractivity contribution in [1.82, 2.24) is 5.32 Å². The Bertz CT molecular complexity index is 589. The molecule has 0 saturated carbocycles. The zero-order valence-corrected chi connectivity index (χ0v) is 11.0. The summed E-state index contributed by atoms with van der Waals surface area (Å²) in [6, 6.07) is 6.37. The number of aliphatic hydroxyl groups is 1. The van der Waals surface area contributed by atoms with Crippen molar-refractivity contribution in [3.05, 3.63) is 53.2 Å². The van der Waals surface area contributed by atoms with Gasteiger partial charge in [-0.3, -0.25) is 0 Å². The van der Waals surface area contributed by atoms with Crippen LogP contribution in [-0.2, 0) is 0 Å². The molecule has 2 rings (SSSR count). The van der Waals surface area contributed by atoms with Crippen molar-refractivity contribution >= 4 is 23.3 Å². The van der Waals surface area contributed by atoms with E-state index in [-0.39, 0.29) is 12.2 Å². The number of halogens is 2. The monoisotopic (exact) mass is 298 g/mol. The summed E-state index contributed by atoms with van der Waals surface area (Å²) in [4.78, 5) is 11.6. The Hall–Kier alpha value is -2.05. The summed E-state index contributed by atoms with van der Waals surface area (Å²) in [6.07, 6.45) is 0.444. The average Bonchev–Trinajstić information content (AvgIpc) is 2.94. The molecule has 20 heavy (non-hydrogen) atoms. The second-order valence-corrected chi connectivity index (χ2v) is 4.43. The average molecular weight is 299 g/mol. The van der Waals surface area contributed by atoms with E-state index in [9.17, 15) is 14.3 Å². The molecule has 5 nitrogen and oxygen atoms in total. The van der Waals surface area contributed by atoms with Gasteiger partial charge in [0.1, 0.15) is 17.7 Å². The lowest BCUT2D eigenvalue weighted by molar-refractivity contribution is 0.149. The van der Waals surface area contributed by atoms with Crippen molar-refractivity contribution in [3.8, 4) is 0 Å². The molecule has 1 atom stereocenters. The Labute approximate surface area is 119 Å². The number of nitrogens with one attached hydrogen (secondary N) is 2. The second kappa shape index (κ2) is 6.40. The van der Waals surface area contributed by atoms with Gasteiger partial charge in [0.25, 0.3) is 0 Å². The second-order valence-electron chi connectivity index (χ2n) is 3.99. The highest BCUT2D eigenvalue weighted by Crippen LogP contribution is 2.19. The summed E-state index contributed by atoms with van der Waals surface area (Å²) >= 11 is 5.70. The van der Waals surface area contributed by atoms with Crippen LogP contribution in [0.1, 0.15) is 11.9 Å².